The number of nitrogens with one attached hydrogen (secondary N) is 1. The molecule has 0 amide bonds. The highest BCUT2D eigenvalue weighted by atomic mass is 16.1. The maximum Gasteiger partial charge on any atom is 0.327 e. The summed E-state index contributed by atoms with van der Waals surface area (Å²) >= 11 is 0. The molecule has 0 unspecified atom stereocenters. The third kappa shape index (κ3) is 6.26. The molecule has 6 heteroatoms. The van der Waals surface area contributed by atoms with Crippen molar-refractivity contribution in [3.63, 3.8) is 0 Å². The van der Waals surface area contributed by atoms with Crippen molar-refractivity contribution in [3.8, 4) is 11.1 Å². The van der Waals surface area contributed by atoms with Crippen molar-refractivity contribution in [3.05, 3.63) is 111 Å². The van der Waals surface area contributed by atoms with E-state index in [2.05, 4.69) is 104 Å². The minimum absolute atomic E-state index is 0.195. The van der Waals surface area contributed by atoms with E-state index in [1.54, 1.807) is 4.57 Å². The molecule has 0 atom stereocenters. The number of nitrogens with zero attached hydrogens (tertiary/aromatic N) is 4. The van der Waals surface area contributed by atoms with Gasteiger partial charge in [-0.15, -0.1) is 0 Å². The third-order valence-electron chi connectivity index (χ3n) is 6.72. The quantitative estimate of drug-likeness (QED) is 0.216. The average molecular weight is 508 g/mol. The van der Waals surface area contributed by atoms with Crippen molar-refractivity contribution >= 4 is 18.4 Å². The summed E-state index contributed by atoms with van der Waals surface area (Å²) < 4.78 is 1.66. The fraction of sp³-hybridized carbons (Fsp3) is 0.281. The standard InChI is InChI=1S/C32H37N5O/c1-22(2)28-12-7-8-13-29(28)30(33-4)35-31-23(3)34-32(38)37(31)21-25-14-16-26(17-15-25)27-11-9-10-24(20-27)18-19-36(5)6/h7-17,20,22H,4,18-19,21H2,1-3,5-6H3,(H,34,38)/b35-30-. The molecular formula is C32H37N5O. The fourth-order valence-corrected chi connectivity index (χ4v) is 4.60. The molecule has 4 rings (SSSR count). The van der Waals surface area contributed by atoms with Gasteiger partial charge >= 0.3 is 5.69 Å². The molecule has 0 fully saturated rings. The van der Waals surface area contributed by atoms with Gasteiger partial charge in [-0.2, -0.15) is 0 Å². The van der Waals surface area contributed by atoms with Gasteiger partial charge in [-0.25, -0.2) is 14.8 Å². The van der Waals surface area contributed by atoms with Gasteiger partial charge in [0.2, 0.25) is 0 Å². The Labute approximate surface area is 225 Å². The van der Waals surface area contributed by atoms with E-state index in [-0.39, 0.29) is 5.69 Å². The van der Waals surface area contributed by atoms with Gasteiger partial charge in [-0.05, 0) is 67.9 Å². The first-order valence-corrected chi connectivity index (χ1v) is 13.0. The number of aryl methyl sites for hydroxylation is 1. The number of aromatic amines is 1. The number of hydrogen-bond acceptors (Lipinski definition) is 3. The van der Waals surface area contributed by atoms with Crippen LogP contribution in [0, 0.1) is 6.92 Å². The molecule has 0 aliphatic heterocycles. The van der Waals surface area contributed by atoms with E-state index in [0.29, 0.717) is 29.8 Å². The fourth-order valence-electron chi connectivity index (χ4n) is 4.60. The summed E-state index contributed by atoms with van der Waals surface area (Å²) in [7, 11) is 4.19. The molecule has 1 heterocycles. The SMILES string of the molecule is C=N/C(=N\c1c(C)[nH]c(=O)n1Cc1ccc(-c2cccc(CCN(C)C)c2)cc1)c1ccccc1C(C)C. The molecule has 0 aliphatic rings. The molecule has 0 aliphatic carbocycles. The number of rotatable bonds is 9. The topological polar surface area (TPSA) is 65.8 Å². The Kier molecular flexibility index (Phi) is 8.54. The van der Waals surface area contributed by atoms with Gasteiger partial charge in [0.25, 0.3) is 0 Å². The normalized spacial score (nSPS) is 11.9. The number of benzene rings is 3. The van der Waals surface area contributed by atoms with E-state index in [4.69, 9.17) is 4.99 Å². The second-order valence-corrected chi connectivity index (χ2v) is 10.3. The van der Waals surface area contributed by atoms with Gasteiger partial charge < -0.3 is 9.88 Å². The Balaban J connectivity index is 1.62. The highest BCUT2D eigenvalue weighted by Crippen LogP contribution is 2.25. The number of likely N-dealkylation sites (N-methyl/N-ethyl adjacent to an activating group) is 1. The minimum Gasteiger partial charge on any atom is -0.309 e. The molecule has 3 aromatic carbocycles. The molecule has 0 saturated carbocycles. The second kappa shape index (κ2) is 12.0. The monoisotopic (exact) mass is 507 g/mol. The average Bonchev–Trinajstić information content (AvgIpc) is 3.17. The van der Waals surface area contributed by atoms with Crippen molar-refractivity contribution in [2.24, 2.45) is 9.98 Å². The van der Waals surface area contributed by atoms with E-state index >= 15 is 0 Å². The van der Waals surface area contributed by atoms with Crippen LogP contribution in [0.3, 0.4) is 0 Å². The summed E-state index contributed by atoms with van der Waals surface area (Å²) in [5.74, 6) is 1.38. The maximum atomic E-state index is 12.9. The molecule has 0 bridgehead atoms. The summed E-state index contributed by atoms with van der Waals surface area (Å²) in [6, 6.07) is 25.1. The first-order chi connectivity index (χ1) is 18.3. The Hall–Kier alpha value is -4.03. The zero-order chi connectivity index (χ0) is 27.2. The Morgan fingerprint density at radius 2 is 1.71 bits per heavy atom. The van der Waals surface area contributed by atoms with Crippen molar-refractivity contribution in [2.75, 3.05) is 20.6 Å². The lowest BCUT2D eigenvalue weighted by molar-refractivity contribution is 0.413. The van der Waals surface area contributed by atoms with Crippen LogP contribution >= 0.6 is 0 Å². The van der Waals surface area contributed by atoms with E-state index < -0.39 is 0 Å². The molecule has 4 aromatic rings. The predicted octanol–water partition coefficient (Wildman–Crippen LogP) is 6.21. The van der Waals surface area contributed by atoms with Gasteiger partial charge in [0.15, 0.2) is 11.7 Å². The van der Waals surface area contributed by atoms with E-state index in [1.807, 2.05) is 25.1 Å². The minimum atomic E-state index is -0.195. The van der Waals surface area contributed by atoms with Crippen LogP contribution in [0.5, 0.6) is 0 Å². The van der Waals surface area contributed by atoms with Crippen LogP contribution in [0.4, 0.5) is 5.82 Å². The largest absolute Gasteiger partial charge is 0.327 e. The van der Waals surface area contributed by atoms with Gasteiger partial charge in [0, 0.05) is 12.1 Å². The van der Waals surface area contributed by atoms with Crippen LogP contribution in [-0.2, 0) is 13.0 Å². The first-order valence-electron chi connectivity index (χ1n) is 13.0. The predicted molar refractivity (Wildman–Crippen MR) is 159 cm³/mol. The van der Waals surface area contributed by atoms with Gasteiger partial charge in [-0.1, -0.05) is 86.6 Å². The Morgan fingerprint density at radius 1 is 0.974 bits per heavy atom. The zero-order valence-corrected chi connectivity index (χ0v) is 23.0. The molecule has 1 N–H and O–H groups in total. The molecule has 0 saturated heterocycles. The Bertz CT molecular complexity index is 1490. The van der Waals surface area contributed by atoms with Crippen LogP contribution in [0.15, 0.2) is 87.6 Å². The van der Waals surface area contributed by atoms with Crippen LogP contribution in [-0.4, -0.2) is 47.6 Å². The van der Waals surface area contributed by atoms with Crippen molar-refractivity contribution in [1.82, 2.24) is 14.5 Å². The van der Waals surface area contributed by atoms with Crippen LogP contribution in [0.25, 0.3) is 11.1 Å². The first kappa shape index (κ1) is 27.0. The van der Waals surface area contributed by atoms with Crippen molar-refractivity contribution in [1.29, 1.82) is 0 Å². The number of imidazole rings is 1. The molecule has 1 aromatic heterocycles. The molecule has 6 nitrogen and oxygen atoms in total. The summed E-state index contributed by atoms with van der Waals surface area (Å²) in [6.45, 7) is 11.3. The van der Waals surface area contributed by atoms with Crippen LogP contribution in [0.1, 0.15) is 47.7 Å². The molecule has 0 spiro atoms. The lowest BCUT2D eigenvalue weighted by Gasteiger charge is -2.13. The van der Waals surface area contributed by atoms with Crippen molar-refractivity contribution in [2.45, 2.75) is 39.7 Å². The number of aromatic nitrogens is 2. The summed E-state index contributed by atoms with van der Waals surface area (Å²) in [4.78, 5) is 27.0. The molecule has 38 heavy (non-hydrogen) atoms. The van der Waals surface area contributed by atoms with Crippen LogP contribution < -0.4 is 5.69 Å². The number of H-pyrrole nitrogens is 1. The highest BCUT2D eigenvalue weighted by Gasteiger charge is 2.15. The maximum absolute atomic E-state index is 12.9. The summed E-state index contributed by atoms with van der Waals surface area (Å²) in [6.07, 6.45) is 1.02. The molecule has 0 radical (unpaired) electrons. The number of aliphatic imine (C=N–C) groups is 2. The Morgan fingerprint density at radius 3 is 2.39 bits per heavy atom. The van der Waals surface area contributed by atoms with E-state index in [0.717, 1.165) is 35.2 Å². The smallest absolute Gasteiger partial charge is 0.309 e. The number of hydrogen-bond donors (Lipinski definition) is 1. The van der Waals surface area contributed by atoms with Gasteiger partial charge in [0.05, 0.1) is 12.2 Å². The summed E-state index contributed by atoms with van der Waals surface area (Å²) in [5, 5.41) is 0. The van der Waals surface area contributed by atoms with E-state index in [1.165, 1.54) is 11.1 Å². The zero-order valence-electron chi connectivity index (χ0n) is 23.0. The lowest BCUT2D eigenvalue weighted by atomic mass is 9.96. The third-order valence-corrected chi connectivity index (χ3v) is 6.72. The van der Waals surface area contributed by atoms with Gasteiger partial charge in [-0.3, -0.25) is 4.57 Å². The van der Waals surface area contributed by atoms with E-state index in [9.17, 15) is 4.79 Å². The lowest BCUT2D eigenvalue weighted by Crippen LogP contribution is -2.17. The summed E-state index contributed by atoms with van der Waals surface area (Å²) in [5.41, 5.74) is 7.26. The molecular weight excluding hydrogens is 470 g/mol. The molecule has 196 valence electrons. The van der Waals surface area contributed by atoms with Crippen LogP contribution in [0.2, 0.25) is 0 Å². The highest BCUT2D eigenvalue weighted by molar-refractivity contribution is 6.04. The number of amidine groups is 1. The van der Waals surface area contributed by atoms with Crippen molar-refractivity contribution < 1.29 is 0 Å². The second-order valence-electron chi connectivity index (χ2n) is 10.3. The van der Waals surface area contributed by atoms with Gasteiger partial charge in [0.1, 0.15) is 0 Å².